The van der Waals surface area contributed by atoms with Crippen LogP contribution in [0.15, 0.2) is 49.3 Å². The first-order valence-electron chi connectivity index (χ1n) is 11.1. The van der Waals surface area contributed by atoms with Crippen LogP contribution in [-0.2, 0) is 0 Å². The average molecular weight is 481 g/mol. The minimum absolute atomic E-state index is 0.0959. The number of amides is 1. The van der Waals surface area contributed by atoms with E-state index in [0.29, 0.717) is 28.2 Å². The third-order valence-corrected chi connectivity index (χ3v) is 5.73. The highest BCUT2D eigenvalue weighted by atomic mass is 19.4. The summed E-state index contributed by atoms with van der Waals surface area (Å²) in [6, 6.07) is 5.77. The number of fused-ring (bicyclic) bond motifs is 1. The molecule has 35 heavy (non-hydrogen) atoms. The molecule has 1 aromatic carbocycles. The zero-order chi connectivity index (χ0) is 24.6. The first kappa shape index (κ1) is 22.8. The molecule has 3 heterocycles. The van der Waals surface area contributed by atoms with Crippen LogP contribution in [0.3, 0.4) is 0 Å². The van der Waals surface area contributed by atoms with E-state index in [1.165, 1.54) is 6.33 Å². The van der Waals surface area contributed by atoms with Gasteiger partial charge in [0.1, 0.15) is 6.33 Å². The van der Waals surface area contributed by atoms with Crippen LogP contribution in [0, 0.1) is 6.92 Å². The molecule has 1 amide bonds. The van der Waals surface area contributed by atoms with Crippen LogP contribution in [0.5, 0.6) is 0 Å². The summed E-state index contributed by atoms with van der Waals surface area (Å²) < 4.78 is 39.9. The number of anilines is 1. The maximum absolute atomic E-state index is 12.7. The summed E-state index contributed by atoms with van der Waals surface area (Å²) >= 11 is 0. The number of nitrogens with zero attached hydrogens (tertiary/aromatic N) is 5. The van der Waals surface area contributed by atoms with Crippen molar-refractivity contribution in [3.63, 3.8) is 0 Å². The second kappa shape index (κ2) is 8.97. The number of benzene rings is 1. The Bertz CT molecular complexity index is 1380. The number of aryl methyl sites for hydroxylation is 1. The van der Waals surface area contributed by atoms with E-state index in [1.54, 1.807) is 35.3 Å². The SMILES string of the molecule is Cc1cc(-c2cnc3c(NCCC(F)(F)F)nc(-c4cncnc4)cn23)ccc1C(=O)NC1CC1. The second-order valence-electron chi connectivity index (χ2n) is 8.51. The van der Waals surface area contributed by atoms with Crippen molar-refractivity contribution in [2.45, 2.75) is 38.4 Å². The van der Waals surface area contributed by atoms with Crippen molar-refractivity contribution in [2.24, 2.45) is 0 Å². The van der Waals surface area contributed by atoms with E-state index in [4.69, 9.17) is 0 Å². The van der Waals surface area contributed by atoms with Gasteiger partial charge in [0.15, 0.2) is 11.5 Å². The standard InChI is InChI=1S/C24H22F3N7O/c1-14-8-15(2-5-18(14)23(35)32-17-3-4-17)20-11-31-22-21(30-7-6-24(25,26)27)33-19(12-34(20)22)16-9-28-13-29-10-16/h2,5,8-13,17H,3-4,6-7H2,1H3,(H,30,33)(H,32,35). The van der Waals surface area contributed by atoms with Crippen LogP contribution in [0.4, 0.5) is 19.0 Å². The monoisotopic (exact) mass is 481 g/mol. The lowest BCUT2D eigenvalue weighted by Crippen LogP contribution is -2.26. The molecule has 5 rings (SSSR count). The van der Waals surface area contributed by atoms with Crippen molar-refractivity contribution in [1.29, 1.82) is 0 Å². The molecule has 1 aliphatic carbocycles. The molecule has 1 saturated carbocycles. The number of halogens is 3. The second-order valence-corrected chi connectivity index (χ2v) is 8.51. The first-order valence-corrected chi connectivity index (χ1v) is 11.1. The van der Waals surface area contributed by atoms with E-state index >= 15 is 0 Å². The van der Waals surface area contributed by atoms with Gasteiger partial charge in [-0.05, 0) is 37.5 Å². The first-order chi connectivity index (χ1) is 16.8. The van der Waals surface area contributed by atoms with E-state index in [9.17, 15) is 18.0 Å². The predicted octanol–water partition coefficient (Wildman–Crippen LogP) is 4.42. The Labute approximate surface area is 198 Å². The Hall–Kier alpha value is -4.02. The highest BCUT2D eigenvalue weighted by Crippen LogP contribution is 2.29. The third kappa shape index (κ3) is 5.08. The Kier molecular flexibility index (Phi) is 5.83. The van der Waals surface area contributed by atoms with Gasteiger partial charge in [0, 0.05) is 47.9 Å². The normalized spacial score (nSPS) is 13.7. The van der Waals surface area contributed by atoms with Crippen molar-refractivity contribution in [1.82, 2.24) is 29.7 Å². The largest absolute Gasteiger partial charge is 0.390 e. The zero-order valence-electron chi connectivity index (χ0n) is 18.8. The van der Waals surface area contributed by atoms with Crippen molar-refractivity contribution < 1.29 is 18.0 Å². The molecule has 180 valence electrons. The molecule has 4 aromatic rings. The van der Waals surface area contributed by atoms with Gasteiger partial charge in [-0.15, -0.1) is 0 Å². The molecule has 1 aliphatic rings. The summed E-state index contributed by atoms with van der Waals surface area (Å²) in [4.78, 5) is 29.4. The fraction of sp³-hybridized carbons (Fsp3) is 0.292. The van der Waals surface area contributed by atoms with Gasteiger partial charge >= 0.3 is 6.18 Å². The summed E-state index contributed by atoms with van der Waals surface area (Å²) in [7, 11) is 0. The Balaban J connectivity index is 1.54. The number of aromatic nitrogens is 5. The molecule has 0 saturated heterocycles. The number of imidazole rings is 1. The quantitative estimate of drug-likeness (QED) is 0.406. The highest BCUT2D eigenvalue weighted by Gasteiger charge is 2.27. The number of carbonyl (C=O) groups is 1. The van der Waals surface area contributed by atoms with E-state index in [1.807, 2.05) is 19.1 Å². The van der Waals surface area contributed by atoms with Gasteiger partial charge in [-0.2, -0.15) is 13.2 Å². The van der Waals surface area contributed by atoms with Crippen LogP contribution in [0.1, 0.15) is 35.2 Å². The van der Waals surface area contributed by atoms with Crippen molar-refractivity contribution in [2.75, 3.05) is 11.9 Å². The summed E-state index contributed by atoms with van der Waals surface area (Å²) in [5.74, 6) is 0.125. The number of carbonyl (C=O) groups excluding carboxylic acids is 1. The Morgan fingerprint density at radius 3 is 2.60 bits per heavy atom. The van der Waals surface area contributed by atoms with Crippen molar-refractivity contribution >= 4 is 17.4 Å². The molecule has 0 atom stereocenters. The van der Waals surface area contributed by atoms with Gasteiger partial charge in [-0.25, -0.2) is 19.9 Å². The van der Waals surface area contributed by atoms with Crippen LogP contribution in [-0.4, -0.2) is 49.0 Å². The van der Waals surface area contributed by atoms with E-state index in [2.05, 4.69) is 30.6 Å². The lowest BCUT2D eigenvalue weighted by molar-refractivity contribution is -0.131. The average Bonchev–Trinajstić information content (AvgIpc) is 3.53. The maximum Gasteiger partial charge on any atom is 0.390 e. The minimum atomic E-state index is -4.29. The number of nitrogens with one attached hydrogen (secondary N) is 2. The molecule has 0 unspecified atom stereocenters. The lowest BCUT2D eigenvalue weighted by atomic mass is 10.0. The van der Waals surface area contributed by atoms with E-state index in [0.717, 1.165) is 24.0 Å². The molecular formula is C24H22F3N7O. The zero-order valence-corrected chi connectivity index (χ0v) is 18.8. The van der Waals surface area contributed by atoms with Crippen LogP contribution >= 0.6 is 0 Å². The molecule has 0 spiro atoms. The lowest BCUT2D eigenvalue weighted by Gasteiger charge is -2.13. The summed E-state index contributed by atoms with van der Waals surface area (Å²) in [6.45, 7) is 1.53. The van der Waals surface area contributed by atoms with Gasteiger partial charge in [0.25, 0.3) is 5.91 Å². The minimum Gasteiger partial charge on any atom is -0.367 e. The predicted molar refractivity (Wildman–Crippen MR) is 124 cm³/mol. The van der Waals surface area contributed by atoms with E-state index < -0.39 is 12.6 Å². The van der Waals surface area contributed by atoms with E-state index in [-0.39, 0.29) is 24.3 Å². The molecule has 0 aliphatic heterocycles. The molecule has 0 radical (unpaired) electrons. The van der Waals surface area contributed by atoms with Gasteiger partial charge in [0.05, 0.1) is 24.0 Å². The molecule has 8 nitrogen and oxygen atoms in total. The van der Waals surface area contributed by atoms with Gasteiger partial charge < -0.3 is 10.6 Å². The number of hydrogen-bond donors (Lipinski definition) is 2. The molecular weight excluding hydrogens is 459 g/mol. The number of rotatable bonds is 7. The molecule has 2 N–H and O–H groups in total. The van der Waals surface area contributed by atoms with Gasteiger partial charge in [0.2, 0.25) is 0 Å². The Morgan fingerprint density at radius 1 is 1.14 bits per heavy atom. The molecule has 0 bridgehead atoms. The summed E-state index contributed by atoms with van der Waals surface area (Å²) in [5.41, 5.74) is 4.39. The Morgan fingerprint density at radius 2 is 1.91 bits per heavy atom. The van der Waals surface area contributed by atoms with Crippen LogP contribution in [0.2, 0.25) is 0 Å². The fourth-order valence-electron chi connectivity index (χ4n) is 3.78. The van der Waals surface area contributed by atoms with Crippen LogP contribution < -0.4 is 10.6 Å². The fourth-order valence-corrected chi connectivity index (χ4v) is 3.78. The molecule has 1 fully saturated rings. The summed E-state index contributed by atoms with van der Waals surface area (Å²) in [5, 5.41) is 5.76. The maximum atomic E-state index is 12.7. The van der Waals surface area contributed by atoms with Crippen LogP contribution in [0.25, 0.3) is 28.2 Å². The van der Waals surface area contributed by atoms with Gasteiger partial charge in [-0.1, -0.05) is 6.07 Å². The smallest absolute Gasteiger partial charge is 0.367 e. The molecule has 3 aromatic heterocycles. The topological polar surface area (TPSA) is 97.1 Å². The third-order valence-electron chi connectivity index (χ3n) is 5.73. The highest BCUT2D eigenvalue weighted by molar-refractivity contribution is 5.96. The number of alkyl halides is 3. The van der Waals surface area contributed by atoms with Crippen molar-refractivity contribution in [3.8, 4) is 22.5 Å². The summed E-state index contributed by atoms with van der Waals surface area (Å²) in [6.07, 6.45) is 4.64. The van der Waals surface area contributed by atoms with Crippen molar-refractivity contribution in [3.05, 3.63) is 60.4 Å². The molecule has 11 heteroatoms. The van der Waals surface area contributed by atoms with Gasteiger partial charge in [-0.3, -0.25) is 9.20 Å². The number of hydrogen-bond acceptors (Lipinski definition) is 6.